The van der Waals surface area contributed by atoms with Crippen molar-refractivity contribution in [1.29, 1.82) is 0 Å². The predicted molar refractivity (Wildman–Crippen MR) is 126 cm³/mol. The predicted octanol–water partition coefficient (Wildman–Crippen LogP) is 5.57. The third-order valence-corrected chi connectivity index (χ3v) is 7.77. The zero-order valence-electron chi connectivity index (χ0n) is 17.5. The van der Waals surface area contributed by atoms with Crippen LogP contribution in [0.2, 0.25) is 5.02 Å². The molecule has 0 fully saturated rings. The zero-order chi connectivity index (χ0) is 22.0. The molecule has 164 valence electrons. The number of rotatable bonds is 12. The van der Waals surface area contributed by atoms with Gasteiger partial charge in [-0.25, -0.2) is 13.8 Å². The Labute approximate surface area is 188 Å². The molecular weight excluding hydrogens is 440 g/mol. The van der Waals surface area contributed by atoms with Crippen molar-refractivity contribution < 1.29 is 13.2 Å². The highest BCUT2D eigenvalue weighted by Gasteiger charge is 2.15. The quantitative estimate of drug-likeness (QED) is 0.251. The first-order valence-corrected chi connectivity index (χ1v) is 13.3. The molecule has 0 radical (unpaired) electrons. The number of unbranched alkanes of at least 4 members (excludes halogenated alkanes) is 4. The van der Waals surface area contributed by atoms with Crippen molar-refractivity contribution in [3.05, 3.63) is 56.7 Å². The van der Waals surface area contributed by atoms with E-state index in [-0.39, 0.29) is 17.4 Å². The monoisotopic (exact) mass is 468 g/mol. The van der Waals surface area contributed by atoms with Crippen LogP contribution < -0.4 is 5.43 Å². The topological polar surface area (TPSA) is 75.6 Å². The summed E-state index contributed by atoms with van der Waals surface area (Å²) in [5.74, 6) is -0.0120. The summed E-state index contributed by atoms with van der Waals surface area (Å²) >= 11 is 7.37. The van der Waals surface area contributed by atoms with Gasteiger partial charge in [0.1, 0.15) is 5.71 Å². The van der Waals surface area contributed by atoms with Gasteiger partial charge in [-0.05, 0) is 30.7 Å². The summed E-state index contributed by atoms with van der Waals surface area (Å²) in [6, 6.07) is 10.8. The van der Waals surface area contributed by atoms with Gasteiger partial charge in [0.25, 0.3) is 0 Å². The number of benzene rings is 1. The molecule has 1 N–H and O–H groups in total. The van der Waals surface area contributed by atoms with Gasteiger partial charge in [0.2, 0.25) is 5.91 Å². The van der Waals surface area contributed by atoms with E-state index in [1.54, 1.807) is 25.1 Å². The molecule has 8 heteroatoms. The lowest BCUT2D eigenvalue weighted by atomic mass is 10.1. The van der Waals surface area contributed by atoms with Crippen LogP contribution in [0.25, 0.3) is 0 Å². The van der Waals surface area contributed by atoms with Crippen molar-refractivity contribution >= 4 is 44.4 Å². The van der Waals surface area contributed by atoms with Crippen molar-refractivity contribution in [3.8, 4) is 0 Å². The third kappa shape index (κ3) is 8.20. The minimum absolute atomic E-state index is 0.00613. The average molecular weight is 469 g/mol. The van der Waals surface area contributed by atoms with Gasteiger partial charge in [-0.1, -0.05) is 63.3 Å². The standard InChI is InChI=1S/C22H29ClN2O3S2/c1-3-5-6-7-8-9-21(26)24-25-22(17-10-12-18(23)13-11-17)20-15-14-19(29-20)16-30(27,28)4-2/h10-15H,3-9,16H2,1-2H3,(H,24,26). The van der Waals surface area contributed by atoms with Gasteiger partial charge < -0.3 is 0 Å². The molecule has 0 aliphatic rings. The lowest BCUT2D eigenvalue weighted by Crippen LogP contribution is -2.19. The highest BCUT2D eigenvalue weighted by atomic mass is 35.5. The molecule has 0 atom stereocenters. The number of amides is 1. The van der Waals surface area contributed by atoms with E-state index in [1.807, 2.05) is 18.2 Å². The summed E-state index contributed by atoms with van der Waals surface area (Å²) < 4.78 is 23.9. The highest BCUT2D eigenvalue weighted by Crippen LogP contribution is 2.23. The van der Waals surface area contributed by atoms with Crippen LogP contribution >= 0.6 is 22.9 Å². The van der Waals surface area contributed by atoms with Gasteiger partial charge in [0.05, 0.1) is 10.6 Å². The van der Waals surface area contributed by atoms with Crippen LogP contribution in [0.3, 0.4) is 0 Å². The molecule has 2 aromatic rings. The van der Waals surface area contributed by atoms with E-state index in [4.69, 9.17) is 11.6 Å². The van der Waals surface area contributed by atoms with Crippen LogP contribution in [0.1, 0.15) is 67.7 Å². The molecule has 30 heavy (non-hydrogen) atoms. The normalized spacial score (nSPS) is 12.2. The molecule has 0 unspecified atom stereocenters. The number of hydrogen-bond donors (Lipinski definition) is 1. The Morgan fingerprint density at radius 2 is 1.73 bits per heavy atom. The minimum Gasteiger partial charge on any atom is -0.273 e. The average Bonchev–Trinajstić information content (AvgIpc) is 3.16. The van der Waals surface area contributed by atoms with Gasteiger partial charge in [0, 0.05) is 27.6 Å². The number of nitrogens with one attached hydrogen (secondary N) is 1. The van der Waals surface area contributed by atoms with Gasteiger partial charge >= 0.3 is 0 Å². The van der Waals surface area contributed by atoms with Crippen LogP contribution in [-0.4, -0.2) is 25.8 Å². The second-order valence-corrected chi connectivity index (χ2v) is 11.1. The Balaban J connectivity index is 2.16. The van der Waals surface area contributed by atoms with E-state index in [9.17, 15) is 13.2 Å². The first-order valence-electron chi connectivity index (χ1n) is 10.3. The van der Waals surface area contributed by atoms with Gasteiger partial charge in [-0.2, -0.15) is 5.10 Å². The smallest absolute Gasteiger partial charge is 0.240 e. The highest BCUT2D eigenvalue weighted by molar-refractivity contribution is 7.90. The molecule has 0 aliphatic heterocycles. The maximum Gasteiger partial charge on any atom is 0.240 e. The fraction of sp³-hybridized carbons (Fsp3) is 0.455. The Bertz CT molecular complexity index is 951. The largest absolute Gasteiger partial charge is 0.273 e. The van der Waals surface area contributed by atoms with Gasteiger partial charge in [-0.3, -0.25) is 4.79 Å². The van der Waals surface area contributed by atoms with Gasteiger partial charge in [0.15, 0.2) is 9.84 Å². The summed E-state index contributed by atoms with van der Waals surface area (Å²) in [7, 11) is -3.11. The molecule has 1 heterocycles. The number of nitrogens with zero attached hydrogens (tertiary/aromatic N) is 1. The van der Waals surface area contributed by atoms with E-state index in [0.29, 0.717) is 17.2 Å². The van der Waals surface area contributed by atoms with Crippen molar-refractivity contribution in [2.75, 3.05) is 5.75 Å². The van der Waals surface area contributed by atoms with E-state index < -0.39 is 9.84 Å². The van der Waals surface area contributed by atoms with Crippen molar-refractivity contribution in [2.24, 2.45) is 5.10 Å². The number of thiophene rings is 1. The maximum absolute atomic E-state index is 12.2. The van der Waals surface area contributed by atoms with Crippen LogP contribution in [0.15, 0.2) is 41.5 Å². The number of hydrazone groups is 1. The van der Waals surface area contributed by atoms with Gasteiger partial charge in [-0.15, -0.1) is 11.3 Å². The molecular formula is C22H29ClN2O3S2. The minimum atomic E-state index is -3.11. The molecule has 0 bridgehead atoms. The maximum atomic E-state index is 12.2. The van der Waals surface area contributed by atoms with Crippen molar-refractivity contribution in [2.45, 2.75) is 58.1 Å². The number of carbonyl (C=O) groups excluding carboxylic acids is 1. The number of halogens is 1. The van der Waals surface area contributed by atoms with E-state index in [0.717, 1.165) is 34.6 Å². The SMILES string of the molecule is CCCCCCCC(=O)NN=C(c1ccc(Cl)cc1)c1ccc(CS(=O)(=O)CC)s1. The third-order valence-electron chi connectivity index (χ3n) is 4.61. The fourth-order valence-corrected chi connectivity index (χ4v) is 5.28. The summed E-state index contributed by atoms with van der Waals surface area (Å²) in [4.78, 5) is 13.8. The number of sulfone groups is 1. The Hall–Kier alpha value is -1.70. The summed E-state index contributed by atoms with van der Waals surface area (Å²) in [6.45, 7) is 3.80. The second-order valence-electron chi connectivity index (χ2n) is 7.11. The number of carbonyl (C=O) groups is 1. The van der Waals surface area contributed by atoms with Crippen LogP contribution in [0.4, 0.5) is 0 Å². The molecule has 0 aliphatic carbocycles. The second kappa shape index (κ2) is 12.2. The molecule has 0 spiro atoms. The summed E-state index contributed by atoms with van der Waals surface area (Å²) in [5, 5.41) is 4.98. The van der Waals surface area contributed by atoms with Crippen molar-refractivity contribution in [3.63, 3.8) is 0 Å². The van der Waals surface area contributed by atoms with E-state index in [1.165, 1.54) is 24.2 Å². The van der Waals surface area contributed by atoms with Crippen LogP contribution in [0, 0.1) is 0 Å². The molecule has 1 aromatic heterocycles. The first kappa shape index (κ1) is 24.6. The molecule has 2 rings (SSSR count). The zero-order valence-corrected chi connectivity index (χ0v) is 19.9. The lowest BCUT2D eigenvalue weighted by Gasteiger charge is -2.07. The van der Waals surface area contributed by atoms with Crippen LogP contribution in [-0.2, 0) is 20.4 Å². The van der Waals surface area contributed by atoms with Crippen molar-refractivity contribution in [1.82, 2.24) is 5.43 Å². The molecule has 0 saturated heterocycles. The molecule has 0 saturated carbocycles. The summed E-state index contributed by atoms with van der Waals surface area (Å²) in [6.07, 6.45) is 5.82. The lowest BCUT2D eigenvalue weighted by molar-refractivity contribution is -0.121. The summed E-state index contributed by atoms with van der Waals surface area (Å²) in [5.41, 5.74) is 4.05. The molecule has 1 aromatic carbocycles. The first-order chi connectivity index (χ1) is 14.3. The Morgan fingerprint density at radius 3 is 2.40 bits per heavy atom. The Kier molecular flexibility index (Phi) is 10.0. The number of hydrogen-bond acceptors (Lipinski definition) is 5. The Morgan fingerprint density at radius 1 is 1.03 bits per heavy atom. The molecule has 5 nitrogen and oxygen atoms in total. The van der Waals surface area contributed by atoms with E-state index >= 15 is 0 Å². The van der Waals surface area contributed by atoms with Crippen LogP contribution in [0.5, 0.6) is 0 Å². The van der Waals surface area contributed by atoms with E-state index in [2.05, 4.69) is 17.5 Å². The fourth-order valence-electron chi connectivity index (χ4n) is 2.83. The molecule has 1 amide bonds.